The first kappa shape index (κ1) is 13.9. The molecule has 4 heteroatoms. The highest BCUT2D eigenvalue weighted by Crippen LogP contribution is 2.41. The van der Waals surface area contributed by atoms with E-state index in [1.165, 1.54) is 11.3 Å². The molecule has 2 atom stereocenters. The number of hydrogen-bond acceptors (Lipinski definition) is 2. The maximum absolute atomic E-state index is 10.5. The Morgan fingerprint density at radius 1 is 1.22 bits per heavy atom. The summed E-state index contributed by atoms with van der Waals surface area (Å²) in [6.07, 6.45) is 0.225. The van der Waals surface area contributed by atoms with E-state index in [2.05, 4.69) is 6.92 Å². The van der Waals surface area contributed by atoms with Crippen LogP contribution >= 0.6 is 34.5 Å². The minimum atomic E-state index is -0.617. The van der Waals surface area contributed by atoms with Gasteiger partial charge in [-0.3, -0.25) is 0 Å². The molecule has 2 aromatic rings. The Labute approximate surface area is 121 Å². The van der Waals surface area contributed by atoms with E-state index in [0.717, 1.165) is 17.5 Å². The summed E-state index contributed by atoms with van der Waals surface area (Å²) in [5.74, 6) is 0.0365. The van der Waals surface area contributed by atoms with E-state index in [4.69, 9.17) is 23.2 Å². The van der Waals surface area contributed by atoms with Gasteiger partial charge in [0.05, 0.1) is 10.4 Å². The average Bonchev–Trinajstić information content (AvgIpc) is 2.70. The van der Waals surface area contributed by atoms with Crippen molar-refractivity contribution < 1.29 is 5.11 Å². The number of hydrogen-bond donors (Lipinski definition) is 1. The van der Waals surface area contributed by atoms with Crippen LogP contribution < -0.4 is 0 Å². The van der Waals surface area contributed by atoms with Gasteiger partial charge in [-0.15, -0.1) is 11.3 Å². The second-order valence-electron chi connectivity index (χ2n) is 4.15. The molecule has 0 spiro atoms. The van der Waals surface area contributed by atoms with Crippen molar-refractivity contribution in [3.63, 3.8) is 0 Å². The number of aliphatic hydroxyl groups is 1. The first-order chi connectivity index (χ1) is 8.63. The van der Waals surface area contributed by atoms with E-state index in [-0.39, 0.29) is 5.92 Å². The first-order valence-electron chi connectivity index (χ1n) is 5.81. The molecule has 0 bridgehead atoms. The standard InChI is InChI=1S/C14H14Cl2OS/c1-2-10(9-6-4-3-5-7-9)13(17)11-8-12(15)18-14(11)16/h3-8,10,13,17H,2H2,1H3. The second-order valence-corrected chi connectivity index (χ2v) is 6.44. The second kappa shape index (κ2) is 6.07. The summed E-state index contributed by atoms with van der Waals surface area (Å²) in [6.45, 7) is 2.06. The highest BCUT2D eigenvalue weighted by Gasteiger charge is 2.24. The highest BCUT2D eigenvalue weighted by atomic mass is 35.5. The predicted molar refractivity (Wildman–Crippen MR) is 78.8 cm³/mol. The van der Waals surface area contributed by atoms with Crippen molar-refractivity contribution in [1.29, 1.82) is 0 Å². The van der Waals surface area contributed by atoms with Crippen molar-refractivity contribution in [3.8, 4) is 0 Å². The molecule has 0 saturated heterocycles. The summed E-state index contributed by atoms with van der Waals surface area (Å²) in [5, 5.41) is 10.5. The minimum absolute atomic E-state index is 0.0365. The van der Waals surface area contributed by atoms with Crippen molar-refractivity contribution in [1.82, 2.24) is 0 Å². The molecule has 18 heavy (non-hydrogen) atoms. The molecule has 1 nitrogen and oxygen atoms in total. The van der Waals surface area contributed by atoms with Gasteiger partial charge in [0.1, 0.15) is 4.34 Å². The van der Waals surface area contributed by atoms with Crippen molar-refractivity contribution in [3.05, 3.63) is 56.2 Å². The molecule has 0 fully saturated rings. The highest BCUT2D eigenvalue weighted by molar-refractivity contribution is 7.20. The van der Waals surface area contributed by atoms with Gasteiger partial charge < -0.3 is 5.11 Å². The molecule has 0 aliphatic heterocycles. The molecular formula is C14H14Cl2OS. The van der Waals surface area contributed by atoms with Crippen molar-refractivity contribution in [2.75, 3.05) is 0 Å². The zero-order valence-electron chi connectivity index (χ0n) is 9.94. The number of thiophene rings is 1. The number of halogens is 2. The number of rotatable bonds is 4. The van der Waals surface area contributed by atoms with E-state index in [0.29, 0.717) is 8.67 Å². The zero-order chi connectivity index (χ0) is 13.1. The van der Waals surface area contributed by atoms with Crippen LogP contribution in [0.4, 0.5) is 0 Å². The molecule has 2 unspecified atom stereocenters. The SMILES string of the molecule is CCC(c1ccccc1)C(O)c1cc(Cl)sc1Cl. The van der Waals surface area contributed by atoms with Crippen molar-refractivity contribution in [2.45, 2.75) is 25.4 Å². The smallest absolute Gasteiger partial charge is 0.100 e. The van der Waals surface area contributed by atoms with E-state index in [9.17, 15) is 5.11 Å². The van der Waals surface area contributed by atoms with Gasteiger partial charge in [-0.05, 0) is 18.1 Å². The van der Waals surface area contributed by atoms with Crippen molar-refractivity contribution >= 4 is 34.5 Å². The third-order valence-corrected chi connectivity index (χ3v) is 4.57. The molecule has 1 aromatic heterocycles. The van der Waals surface area contributed by atoms with Crippen LogP contribution in [0.15, 0.2) is 36.4 Å². The molecule has 0 radical (unpaired) electrons. The summed E-state index contributed by atoms with van der Waals surface area (Å²) in [5.41, 5.74) is 1.84. The van der Waals surface area contributed by atoms with Crippen LogP contribution in [0.25, 0.3) is 0 Å². The number of aliphatic hydroxyl groups excluding tert-OH is 1. The summed E-state index contributed by atoms with van der Waals surface area (Å²) < 4.78 is 1.18. The van der Waals surface area contributed by atoms with Gasteiger partial charge >= 0.3 is 0 Å². The van der Waals surface area contributed by atoms with E-state index in [1.807, 2.05) is 30.3 Å². The van der Waals surface area contributed by atoms with Gasteiger partial charge in [0, 0.05) is 11.5 Å². The molecule has 2 rings (SSSR count). The molecule has 0 aliphatic rings. The fourth-order valence-corrected chi connectivity index (χ4v) is 3.65. The van der Waals surface area contributed by atoms with E-state index < -0.39 is 6.10 Å². The summed E-state index contributed by atoms with van der Waals surface area (Å²) >= 11 is 13.3. The fourth-order valence-electron chi connectivity index (χ4n) is 2.11. The lowest BCUT2D eigenvalue weighted by atomic mass is 9.88. The van der Waals surface area contributed by atoms with E-state index in [1.54, 1.807) is 6.07 Å². The molecule has 1 heterocycles. The predicted octanol–water partition coefficient (Wildman–Crippen LogP) is 5.28. The van der Waals surface area contributed by atoms with Gasteiger partial charge in [-0.25, -0.2) is 0 Å². The van der Waals surface area contributed by atoms with Gasteiger partial charge in [0.25, 0.3) is 0 Å². The van der Waals surface area contributed by atoms with Gasteiger partial charge in [0.15, 0.2) is 0 Å². The Hall–Kier alpha value is -0.540. The van der Waals surface area contributed by atoms with E-state index >= 15 is 0 Å². The Kier molecular flexibility index (Phi) is 4.68. The maximum Gasteiger partial charge on any atom is 0.100 e. The fraction of sp³-hybridized carbons (Fsp3) is 0.286. The lowest BCUT2D eigenvalue weighted by molar-refractivity contribution is 0.143. The zero-order valence-corrected chi connectivity index (χ0v) is 12.3. The first-order valence-corrected chi connectivity index (χ1v) is 7.38. The lowest BCUT2D eigenvalue weighted by Gasteiger charge is -2.21. The average molecular weight is 301 g/mol. The molecule has 96 valence electrons. The number of benzene rings is 1. The lowest BCUT2D eigenvalue weighted by Crippen LogP contribution is -2.09. The van der Waals surface area contributed by atoms with Crippen LogP contribution in [0.5, 0.6) is 0 Å². The molecule has 0 saturated carbocycles. The Morgan fingerprint density at radius 3 is 2.39 bits per heavy atom. The van der Waals surface area contributed by atoms with Crippen LogP contribution in [0.1, 0.15) is 36.5 Å². The Balaban J connectivity index is 2.31. The third kappa shape index (κ3) is 2.89. The monoisotopic (exact) mass is 300 g/mol. The van der Waals surface area contributed by atoms with Crippen LogP contribution in [0, 0.1) is 0 Å². The summed E-state index contributed by atoms with van der Waals surface area (Å²) in [6, 6.07) is 11.7. The van der Waals surface area contributed by atoms with Crippen LogP contribution in [-0.2, 0) is 0 Å². The van der Waals surface area contributed by atoms with Crippen molar-refractivity contribution in [2.24, 2.45) is 0 Å². The normalized spacial score (nSPS) is 14.4. The van der Waals surface area contributed by atoms with Crippen LogP contribution in [0.3, 0.4) is 0 Å². The summed E-state index contributed by atoms with van der Waals surface area (Å²) in [4.78, 5) is 0. The van der Waals surface area contributed by atoms with Gasteiger partial charge in [0.2, 0.25) is 0 Å². The quantitative estimate of drug-likeness (QED) is 0.814. The van der Waals surface area contributed by atoms with Crippen LogP contribution in [0.2, 0.25) is 8.67 Å². The molecular weight excluding hydrogens is 287 g/mol. The summed E-state index contributed by atoms with van der Waals surface area (Å²) in [7, 11) is 0. The maximum atomic E-state index is 10.5. The van der Waals surface area contributed by atoms with Crippen LogP contribution in [-0.4, -0.2) is 5.11 Å². The molecule has 0 aliphatic carbocycles. The largest absolute Gasteiger partial charge is 0.388 e. The topological polar surface area (TPSA) is 20.2 Å². The Morgan fingerprint density at radius 2 is 1.89 bits per heavy atom. The molecule has 0 amide bonds. The van der Waals surface area contributed by atoms with Gasteiger partial charge in [-0.1, -0.05) is 60.5 Å². The molecule has 1 N–H and O–H groups in total. The molecule has 1 aromatic carbocycles. The third-order valence-electron chi connectivity index (χ3n) is 3.05. The Bertz CT molecular complexity index is 510. The van der Waals surface area contributed by atoms with Gasteiger partial charge in [-0.2, -0.15) is 0 Å². The minimum Gasteiger partial charge on any atom is -0.388 e.